The summed E-state index contributed by atoms with van der Waals surface area (Å²) in [5.74, 6) is 0.942. The number of pyridine rings is 2. The SMILES string of the molecule is Cc1ccc(CNc2ccc(C(=O)N3CCN(c4ccccn4)CC3)nc2)cc1. The molecule has 0 unspecified atom stereocenters. The molecule has 148 valence electrons. The molecule has 0 spiro atoms. The number of carbonyl (C=O) groups excluding carboxylic acids is 1. The number of rotatable bonds is 5. The van der Waals surface area contributed by atoms with Crippen LogP contribution >= 0.6 is 0 Å². The average Bonchev–Trinajstić information content (AvgIpc) is 2.79. The number of carbonyl (C=O) groups is 1. The van der Waals surface area contributed by atoms with Crippen LogP contribution in [0.2, 0.25) is 0 Å². The molecule has 4 rings (SSSR count). The summed E-state index contributed by atoms with van der Waals surface area (Å²) in [5.41, 5.74) is 3.85. The van der Waals surface area contributed by atoms with Crippen molar-refractivity contribution in [2.24, 2.45) is 0 Å². The summed E-state index contributed by atoms with van der Waals surface area (Å²) < 4.78 is 0. The van der Waals surface area contributed by atoms with E-state index in [9.17, 15) is 4.79 Å². The van der Waals surface area contributed by atoms with Gasteiger partial charge in [0.2, 0.25) is 0 Å². The molecule has 6 nitrogen and oxygen atoms in total. The summed E-state index contributed by atoms with van der Waals surface area (Å²) in [6.45, 7) is 5.70. The molecule has 1 aliphatic heterocycles. The van der Waals surface area contributed by atoms with Crippen molar-refractivity contribution < 1.29 is 4.79 Å². The highest BCUT2D eigenvalue weighted by Gasteiger charge is 2.23. The van der Waals surface area contributed by atoms with Crippen molar-refractivity contribution in [3.8, 4) is 0 Å². The van der Waals surface area contributed by atoms with Crippen molar-refractivity contribution in [2.45, 2.75) is 13.5 Å². The Hall–Kier alpha value is -3.41. The van der Waals surface area contributed by atoms with Crippen LogP contribution in [0, 0.1) is 6.92 Å². The van der Waals surface area contributed by atoms with Crippen molar-refractivity contribution >= 4 is 17.4 Å². The van der Waals surface area contributed by atoms with Gasteiger partial charge in [0.1, 0.15) is 11.5 Å². The molecule has 1 aromatic carbocycles. The number of benzene rings is 1. The number of piperazine rings is 1. The quantitative estimate of drug-likeness (QED) is 0.727. The van der Waals surface area contributed by atoms with Crippen LogP contribution in [0.4, 0.5) is 11.5 Å². The second-order valence-corrected chi connectivity index (χ2v) is 7.24. The first-order valence-electron chi connectivity index (χ1n) is 9.90. The van der Waals surface area contributed by atoms with Gasteiger partial charge in [-0.1, -0.05) is 35.9 Å². The van der Waals surface area contributed by atoms with E-state index in [0.717, 1.165) is 31.1 Å². The summed E-state index contributed by atoms with van der Waals surface area (Å²) in [6.07, 6.45) is 3.52. The van der Waals surface area contributed by atoms with Crippen LogP contribution in [-0.2, 0) is 6.54 Å². The Morgan fingerprint density at radius 1 is 0.966 bits per heavy atom. The van der Waals surface area contributed by atoms with Gasteiger partial charge in [0, 0.05) is 38.9 Å². The van der Waals surface area contributed by atoms with Crippen molar-refractivity contribution in [1.29, 1.82) is 0 Å². The Balaban J connectivity index is 1.31. The van der Waals surface area contributed by atoms with E-state index in [4.69, 9.17) is 0 Å². The number of hydrogen-bond acceptors (Lipinski definition) is 5. The molecule has 1 N–H and O–H groups in total. The number of aromatic nitrogens is 2. The normalized spacial score (nSPS) is 14.0. The molecule has 0 bridgehead atoms. The molecule has 1 amide bonds. The fraction of sp³-hybridized carbons (Fsp3) is 0.261. The van der Waals surface area contributed by atoms with E-state index in [1.54, 1.807) is 18.5 Å². The molecule has 0 aliphatic carbocycles. The van der Waals surface area contributed by atoms with E-state index in [1.165, 1.54) is 11.1 Å². The van der Waals surface area contributed by atoms with Crippen LogP contribution in [0.15, 0.2) is 67.0 Å². The van der Waals surface area contributed by atoms with Gasteiger partial charge in [-0.15, -0.1) is 0 Å². The largest absolute Gasteiger partial charge is 0.380 e. The second kappa shape index (κ2) is 8.73. The molecule has 1 fully saturated rings. The molecule has 3 heterocycles. The predicted molar refractivity (Wildman–Crippen MR) is 115 cm³/mol. The van der Waals surface area contributed by atoms with E-state index in [2.05, 4.69) is 51.4 Å². The highest BCUT2D eigenvalue weighted by Crippen LogP contribution is 2.15. The van der Waals surface area contributed by atoms with Gasteiger partial charge in [-0.05, 0) is 36.8 Å². The molecule has 0 saturated carbocycles. The van der Waals surface area contributed by atoms with Gasteiger partial charge in [-0.25, -0.2) is 9.97 Å². The maximum Gasteiger partial charge on any atom is 0.272 e. The maximum atomic E-state index is 12.8. The lowest BCUT2D eigenvalue weighted by Crippen LogP contribution is -2.49. The standard InChI is InChI=1S/C23H25N5O/c1-18-5-7-19(8-6-18)16-25-20-9-10-21(26-17-20)23(29)28-14-12-27(13-15-28)22-4-2-3-11-24-22/h2-11,17,25H,12-16H2,1H3. The third kappa shape index (κ3) is 4.71. The minimum atomic E-state index is -0.0178. The molecule has 29 heavy (non-hydrogen) atoms. The van der Waals surface area contributed by atoms with Gasteiger partial charge in [0.05, 0.1) is 11.9 Å². The fourth-order valence-electron chi connectivity index (χ4n) is 3.38. The lowest BCUT2D eigenvalue weighted by atomic mass is 10.1. The fourth-order valence-corrected chi connectivity index (χ4v) is 3.38. The van der Waals surface area contributed by atoms with Crippen LogP contribution < -0.4 is 10.2 Å². The van der Waals surface area contributed by atoms with Crippen LogP contribution in [0.25, 0.3) is 0 Å². The zero-order valence-corrected chi connectivity index (χ0v) is 16.6. The summed E-state index contributed by atoms with van der Waals surface area (Å²) in [7, 11) is 0. The zero-order valence-electron chi connectivity index (χ0n) is 16.6. The van der Waals surface area contributed by atoms with Gasteiger partial charge in [-0.3, -0.25) is 4.79 Å². The molecule has 6 heteroatoms. The van der Waals surface area contributed by atoms with Crippen LogP contribution in [0.3, 0.4) is 0 Å². The Morgan fingerprint density at radius 2 is 1.76 bits per heavy atom. The van der Waals surface area contributed by atoms with E-state index >= 15 is 0 Å². The van der Waals surface area contributed by atoms with Crippen LogP contribution in [0.1, 0.15) is 21.6 Å². The minimum absolute atomic E-state index is 0.0178. The Morgan fingerprint density at radius 3 is 2.41 bits per heavy atom. The molecule has 1 saturated heterocycles. The Bertz CT molecular complexity index is 933. The van der Waals surface area contributed by atoms with Crippen molar-refractivity contribution in [3.63, 3.8) is 0 Å². The Labute approximate surface area is 171 Å². The molecule has 0 radical (unpaired) electrons. The first kappa shape index (κ1) is 18.9. The van der Waals surface area contributed by atoms with Gasteiger partial charge in [-0.2, -0.15) is 0 Å². The van der Waals surface area contributed by atoms with E-state index < -0.39 is 0 Å². The van der Waals surface area contributed by atoms with Crippen molar-refractivity contribution in [1.82, 2.24) is 14.9 Å². The maximum absolute atomic E-state index is 12.8. The summed E-state index contributed by atoms with van der Waals surface area (Å²) >= 11 is 0. The number of amides is 1. The van der Waals surface area contributed by atoms with Gasteiger partial charge >= 0.3 is 0 Å². The van der Waals surface area contributed by atoms with Gasteiger partial charge in [0.25, 0.3) is 5.91 Å². The smallest absolute Gasteiger partial charge is 0.272 e. The molecule has 0 atom stereocenters. The summed E-state index contributed by atoms with van der Waals surface area (Å²) in [4.78, 5) is 25.6. The number of nitrogens with one attached hydrogen (secondary N) is 1. The lowest BCUT2D eigenvalue weighted by Gasteiger charge is -2.35. The first-order valence-corrected chi connectivity index (χ1v) is 9.90. The van der Waals surface area contributed by atoms with E-state index in [1.807, 2.05) is 29.2 Å². The van der Waals surface area contributed by atoms with Gasteiger partial charge < -0.3 is 15.1 Å². The molecular weight excluding hydrogens is 362 g/mol. The third-order valence-electron chi connectivity index (χ3n) is 5.14. The number of aryl methyl sites for hydroxylation is 1. The number of hydrogen-bond donors (Lipinski definition) is 1. The third-order valence-corrected chi connectivity index (χ3v) is 5.14. The highest BCUT2D eigenvalue weighted by molar-refractivity contribution is 5.92. The number of anilines is 2. The molecule has 3 aromatic rings. The highest BCUT2D eigenvalue weighted by atomic mass is 16.2. The summed E-state index contributed by atoms with van der Waals surface area (Å²) in [6, 6.07) is 18.0. The predicted octanol–water partition coefficient (Wildman–Crippen LogP) is 3.36. The summed E-state index contributed by atoms with van der Waals surface area (Å²) in [5, 5.41) is 3.35. The molecule has 2 aromatic heterocycles. The average molecular weight is 387 g/mol. The van der Waals surface area contributed by atoms with Gasteiger partial charge in [0.15, 0.2) is 0 Å². The topological polar surface area (TPSA) is 61.4 Å². The first-order chi connectivity index (χ1) is 14.2. The Kier molecular flexibility index (Phi) is 5.70. The minimum Gasteiger partial charge on any atom is -0.380 e. The number of nitrogens with zero attached hydrogens (tertiary/aromatic N) is 4. The van der Waals surface area contributed by atoms with Crippen molar-refractivity contribution in [3.05, 3.63) is 83.8 Å². The molecule has 1 aliphatic rings. The second-order valence-electron chi connectivity index (χ2n) is 7.24. The molecular formula is C23H25N5O. The monoisotopic (exact) mass is 387 g/mol. The lowest BCUT2D eigenvalue weighted by molar-refractivity contribution is 0.0740. The van der Waals surface area contributed by atoms with Crippen LogP contribution in [-0.4, -0.2) is 47.0 Å². The van der Waals surface area contributed by atoms with Crippen molar-refractivity contribution in [2.75, 3.05) is 36.4 Å². The van der Waals surface area contributed by atoms with E-state index in [0.29, 0.717) is 18.8 Å². The van der Waals surface area contributed by atoms with Crippen LogP contribution in [0.5, 0.6) is 0 Å². The zero-order chi connectivity index (χ0) is 20.1. The van der Waals surface area contributed by atoms with E-state index in [-0.39, 0.29) is 5.91 Å².